The highest BCUT2D eigenvalue weighted by Crippen LogP contribution is 1.88. The minimum atomic E-state index is -0.181. The van der Waals surface area contributed by atoms with Crippen molar-refractivity contribution in [2.24, 2.45) is 0 Å². The molecule has 2 N–H and O–H groups in total. The molecule has 0 bridgehead atoms. The number of rotatable bonds is 4. The summed E-state index contributed by atoms with van der Waals surface area (Å²) in [7, 11) is 1.53. The Hall–Kier alpha value is -0.710. The molecule has 11 heavy (non-hydrogen) atoms. The molecule has 0 aromatic carbocycles. The lowest BCUT2D eigenvalue weighted by molar-refractivity contribution is -0.124. The fraction of sp³-hybridized carbons (Fsp3) is 0.667. The number of hydrogen-bond donors (Lipinski definition) is 2. The van der Waals surface area contributed by atoms with Crippen molar-refractivity contribution < 1.29 is 9.59 Å². The predicted molar refractivity (Wildman–Crippen MR) is 45.5 cm³/mol. The quantitative estimate of drug-likeness (QED) is 0.590. The van der Waals surface area contributed by atoms with Crippen molar-refractivity contribution in [1.29, 1.82) is 0 Å². The Morgan fingerprint density at radius 2 is 2.00 bits per heavy atom. The summed E-state index contributed by atoms with van der Waals surface area (Å²) in [6.45, 7) is 0.0654. The van der Waals surface area contributed by atoms with Crippen LogP contribution < -0.4 is 10.6 Å². The van der Waals surface area contributed by atoms with Gasteiger partial charge in [-0.15, -0.1) is 0 Å². The van der Waals surface area contributed by atoms with Crippen molar-refractivity contribution in [3.8, 4) is 0 Å². The zero-order chi connectivity index (χ0) is 8.69. The lowest BCUT2D eigenvalue weighted by Gasteiger charge is -2.01. The minimum absolute atomic E-state index is 0.0654. The van der Waals surface area contributed by atoms with Gasteiger partial charge in [-0.25, -0.2) is 0 Å². The molecule has 0 radical (unpaired) electrons. The average Bonchev–Trinajstić information content (AvgIpc) is 2.01. The lowest BCUT2D eigenvalue weighted by atomic mass is 10.5. The van der Waals surface area contributed by atoms with Gasteiger partial charge in [0.2, 0.25) is 11.8 Å². The Bertz CT molecular complexity index is 150. The summed E-state index contributed by atoms with van der Waals surface area (Å²) in [5, 5.41) is 4.86. The summed E-state index contributed by atoms with van der Waals surface area (Å²) in [6, 6.07) is 0. The molecule has 0 aliphatic rings. The van der Waals surface area contributed by atoms with Crippen LogP contribution in [-0.2, 0) is 9.59 Å². The Morgan fingerprint density at radius 1 is 1.36 bits per heavy atom. The van der Waals surface area contributed by atoms with E-state index in [0.29, 0.717) is 5.75 Å². The van der Waals surface area contributed by atoms with E-state index in [0.717, 1.165) is 0 Å². The van der Waals surface area contributed by atoms with E-state index in [4.69, 9.17) is 0 Å². The summed E-state index contributed by atoms with van der Waals surface area (Å²) in [4.78, 5) is 21.3. The molecule has 64 valence electrons. The number of nitrogens with one attached hydrogen (secondary N) is 2. The highest BCUT2D eigenvalue weighted by Gasteiger charge is 2.01. The molecule has 0 heterocycles. The van der Waals surface area contributed by atoms with Crippen molar-refractivity contribution in [2.45, 2.75) is 0 Å². The van der Waals surface area contributed by atoms with Gasteiger partial charge >= 0.3 is 0 Å². The molecule has 0 aromatic rings. The molecule has 0 saturated heterocycles. The van der Waals surface area contributed by atoms with Gasteiger partial charge in [-0.05, 0) is 6.26 Å². The number of amides is 2. The average molecular weight is 176 g/mol. The van der Waals surface area contributed by atoms with E-state index in [-0.39, 0.29) is 18.4 Å². The van der Waals surface area contributed by atoms with Crippen LogP contribution in [0.2, 0.25) is 0 Å². The molecular weight excluding hydrogens is 164 g/mol. The molecule has 0 aliphatic carbocycles. The van der Waals surface area contributed by atoms with E-state index in [1.54, 1.807) is 0 Å². The second kappa shape index (κ2) is 6.03. The maximum absolute atomic E-state index is 10.8. The molecule has 0 rings (SSSR count). The summed E-state index contributed by atoms with van der Waals surface area (Å²) >= 11 is 1.43. The summed E-state index contributed by atoms with van der Waals surface area (Å²) in [6.07, 6.45) is 1.83. The van der Waals surface area contributed by atoms with Gasteiger partial charge in [-0.3, -0.25) is 9.59 Å². The van der Waals surface area contributed by atoms with Crippen molar-refractivity contribution in [3.05, 3.63) is 0 Å². The third-order valence-electron chi connectivity index (χ3n) is 1.00. The lowest BCUT2D eigenvalue weighted by Crippen LogP contribution is -2.35. The minimum Gasteiger partial charge on any atom is -0.358 e. The van der Waals surface area contributed by atoms with Crippen molar-refractivity contribution in [3.63, 3.8) is 0 Å². The van der Waals surface area contributed by atoms with E-state index in [1.807, 2.05) is 6.26 Å². The first-order valence-corrected chi connectivity index (χ1v) is 4.56. The van der Waals surface area contributed by atoms with E-state index in [2.05, 4.69) is 10.6 Å². The Labute approximate surface area is 70.1 Å². The molecule has 0 unspecified atom stereocenters. The summed E-state index contributed by atoms with van der Waals surface area (Å²) in [5.41, 5.74) is 0. The maximum atomic E-state index is 10.8. The summed E-state index contributed by atoms with van der Waals surface area (Å²) in [5.74, 6) is 0.109. The predicted octanol–water partition coefficient (Wildman–Crippen LogP) is -0.788. The Morgan fingerprint density at radius 3 is 2.45 bits per heavy atom. The number of likely N-dealkylation sites (N-methyl/N-ethyl adjacent to an activating group) is 1. The fourth-order valence-corrected chi connectivity index (χ4v) is 0.814. The highest BCUT2D eigenvalue weighted by atomic mass is 32.2. The molecule has 0 aliphatic heterocycles. The van der Waals surface area contributed by atoms with Gasteiger partial charge in [0.05, 0.1) is 12.3 Å². The van der Waals surface area contributed by atoms with Crippen LogP contribution in [-0.4, -0.2) is 37.4 Å². The maximum Gasteiger partial charge on any atom is 0.239 e. The van der Waals surface area contributed by atoms with Crippen LogP contribution in [0.15, 0.2) is 0 Å². The Balaban J connectivity index is 3.38. The monoisotopic (exact) mass is 176 g/mol. The fourth-order valence-electron chi connectivity index (χ4n) is 0.449. The van der Waals surface area contributed by atoms with E-state index >= 15 is 0 Å². The van der Waals surface area contributed by atoms with Gasteiger partial charge < -0.3 is 10.6 Å². The van der Waals surface area contributed by atoms with Crippen molar-refractivity contribution in [1.82, 2.24) is 10.6 Å². The smallest absolute Gasteiger partial charge is 0.239 e. The van der Waals surface area contributed by atoms with Gasteiger partial charge in [-0.2, -0.15) is 11.8 Å². The summed E-state index contributed by atoms with van der Waals surface area (Å²) < 4.78 is 0. The van der Waals surface area contributed by atoms with Crippen LogP contribution in [0, 0.1) is 0 Å². The van der Waals surface area contributed by atoms with Gasteiger partial charge in [0.25, 0.3) is 0 Å². The SMILES string of the molecule is CNC(=O)CNC(=O)CSC. The molecule has 4 nitrogen and oxygen atoms in total. The third-order valence-corrected chi connectivity index (χ3v) is 1.55. The first-order valence-electron chi connectivity index (χ1n) is 3.17. The normalized spacial score (nSPS) is 8.91. The Kier molecular flexibility index (Phi) is 5.64. The molecule has 5 heteroatoms. The van der Waals surface area contributed by atoms with Gasteiger partial charge in [0.15, 0.2) is 0 Å². The van der Waals surface area contributed by atoms with Crippen molar-refractivity contribution in [2.75, 3.05) is 25.6 Å². The van der Waals surface area contributed by atoms with Gasteiger partial charge in [0, 0.05) is 7.05 Å². The standard InChI is InChI=1S/C6H12N2O2S/c1-7-5(9)3-8-6(10)4-11-2/h3-4H2,1-2H3,(H,7,9)(H,8,10). The van der Waals surface area contributed by atoms with Crippen LogP contribution in [0.5, 0.6) is 0 Å². The van der Waals surface area contributed by atoms with Gasteiger partial charge in [-0.1, -0.05) is 0 Å². The molecular formula is C6H12N2O2S. The van der Waals surface area contributed by atoms with Crippen LogP contribution >= 0.6 is 11.8 Å². The van der Waals surface area contributed by atoms with E-state index < -0.39 is 0 Å². The molecule has 0 atom stereocenters. The van der Waals surface area contributed by atoms with Crippen molar-refractivity contribution >= 4 is 23.6 Å². The van der Waals surface area contributed by atoms with E-state index in [1.165, 1.54) is 18.8 Å². The largest absolute Gasteiger partial charge is 0.358 e. The number of carbonyl (C=O) groups is 2. The molecule has 2 amide bonds. The van der Waals surface area contributed by atoms with Crippen LogP contribution in [0.1, 0.15) is 0 Å². The molecule has 0 fully saturated rings. The molecule has 0 saturated carbocycles. The molecule has 0 spiro atoms. The number of hydrogen-bond acceptors (Lipinski definition) is 3. The first kappa shape index (κ1) is 10.3. The van der Waals surface area contributed by atoms with Gasteiger partial charge in [0.1, 0.15) is 0 Å². The second-order valence-electron chi connectivity index (χ2n) is 1.88. The highest BCUT2D eigenvalue weighted by molar-refractivity contribution is 7.99. The second-order valence-corrected chi connectivity index (χ2v) is 2.75. The van der Waals surface area contributed by atoms with Crippen LogP contribution in [0.4, 0.5) is 0 Å². The van der Waals surface area contributed by atoms with Crippen LogP contribution in [0.3, 0.4) is 0 Å². The zero-order valence-electron chi connectivity index (χ0n) is 6.64. The third kappa shape index (κ3) is 5.72. The first-order chi connectivity index (χ1) is 5.20. The van der Waals surface area contributed by atoms with Crippen LogP contribution in [0.25, 0.3) is 0 Å². The zero-order valence-corrected chi connectivity index (χ0v) is 7.46. The molecule has 0 aromatic heterocycles. The topological polar surface area (TPSA) is 58.2 Å². The number of carbonyl (C=O) groups excluding carboxylic acids is 2. The van der Waals surface area contributed by atoms with E-state index in [9.17, 15) is 9.59 Å². The number of thioether (sulfide) groups is 1.